The monoisotopic (exact) mass is 398 g/mol. The first-order chi connectivity index (χ1) is 13.5. The fourth-order valence-corrected chi connectivity index (χ4v) is 5.76. The van der Waals surface area contributed by atoms with Crippen molar-refractivity contribution < 1.29 is 13.2 Å². The Kier molecular flexibility index (Phi) is 5.25. The number of carbonyl (C=O) groups is 1. The number of hydrogen-bond acceptors (Lipinski definition) is 4. The number of benzene rings is 2. The number of piperazine rings is 1. The van der Waals surface area contributed by atoms with Crippen molar-refractivity contribution >= 4 is 15.7 Å². The quantitative estimate of drug-likeness (QED) is 0.777. The van der Waals surface area contributed by atoms with Crippen LogP contribution in [0.2, 0.25) is 0 Å². The Morgan fingerprint density at radius 3 is 2.43 bits per heavy atom. The standard InChI is InChI=1S/C22H26N2O3S/c1-17-22(25)24-13-7-10-20(24)15-23(17)14-18-8-5-6-9-19(18)16-28(26,27)21-11-3-2-4-12-21/h2-6,8-9,11-12,17,20H,7,10,13-16H2,1H3/t17-,20+/m1/s1. The lowest BCUT2D eigenvalue weighted by Gasteiger charge is -2.41. The summed E-state index contributed by atoms with van der Waals surface area (Å²) in [6.07, 6.45) is 2.13. The normalized spacial score (nSPS) is 23.0. The summed E-state index contributed by atoms with van der Waals surface area (Å²) in [6.45, 7) is 4.28. The average Bonchev–Trinajstić information content (AvgIpc) is 3.16. The van der Waals surface area contributed by atoms with Gasteiger partial charge >= 0.3 is 0 Å². The molecule has 28 heavy (non-hydrogen) atoms. The van der Waals surface area contributed by atoms with Crippen LogP contribution in [-0.2, 0) is 26.9 Å². The number of carbonyl (C=O) groups excluding carboxylic acids is 1. The van der Waals surface area contributed by atoms with Gasteiger partial charge in [0.1, 0.15) is 0 Å². The smallest absolute Gasteiger partial charge is 0.239 e. The van der Waals surface area contributed by atoms with Crippen LogP contribution in [0.25, 0.3) is 0 Å². The highest BCUT2D eigenvalue weighted by Crippen LogP contribution is 2.28. The van der Waals surface area contributed by atoms with Crippen molar-refractivity contribution in [1.82, 2.24) is 9.80 Å². The van der Waals surface area contributed by atoms with Crippen molar-refractivity contribution in [3.63, 3.8) is 0 Å². The predicted molar refractivity (Wildman–Crippen MR) is 108 cm³/mol. The van der Waals surface area contributed by atoms with E-state index in [-0.39, 0.29) is 17.7 Å². The molecule has 0 aliphatic carbocycles. The first kappa shape index (κ1) is 19.2. The van der Waals surface area contributed by atoms with Crippen molar-refractivity contribution in [2.45, 2.75) is 49.0 Å². The van der Waals surface area contributed by atoms with Gasteiger partial charge in [0.2, 0.25) is 5.91 Å². The Labute approximate surface area is 166 Å². The van der Waals surface area contributed by atoms with E-state index in [1.54, 1.807) is 24.3 Å². The molecule has 2 aromatic rings. The molecule has 2 aliphatic rings. The van der Waals surface area contributed by atoms with Crippen LogP contribution < -0.4 is 0 Å². The van der Waals surface area contributed by atoms with Crippen LogP contribution >= 0.6 is 0 Å². The van der Waals surface area contributed by atoms with Gasteiger partial charge in [-0.25, -0.2) is 8.42 Å². The summed E-state index contributed by atoms with van der Waals surface area (Å²) in [6, 6.07) is 16.4. The van der Waals surface area contributed by atoms with Crippen LogP contribution in [-0.4, -0.2) is 49.3 Å². The van der Waals surface area contributed by atoms with Crippen LogP contribution in [0.5, 0.6) is 0 Å². The SMILES string of the molecule is C[C@@H]1C(=O)N2CCC[C@H]2CN1Cc1ccccc1CS(=O)(=O)c1ccccc1. The van der Waals surface area contributed by atoms with Crippen LogP contribution in [0.4, 0.5) is 0 Å². The molecule has 2 heterocycles. The molecule has 0 bridgehead atoms. The molecule has 2 saturated heterocycles. The zero-order valence-electron chi connectivity index (χ0n) is 16.1. The Morgan fingerprint density at radius 1 is 1.00 bits per heavy atom. The molecule has 0 spiro atoms. The Balaban J connectivity index is 1.56. The highest BCUT2D eigenvalue weighted by molar-refractivity contribution is 7.90. The van der Waals surface area contributed by atoms with Crippen molar-refractivity contribution in [2.24, 2.45) is 0 Å². The van der Waals surface area contributed by atoms with Gasteiger partial charge in [-0.2, -0.15) is 0 Å². The average molecular weight is 399 g/mol. The van der Waals surface area contributed by atoms with Gasteiger partial charge in [-0.1, -0.05) is 42.5 Å². The van der Waals surface area contributed by atoms with Crippen LogP contribution in [0.1, 0.15) is 30.9 Å². The third-order valence-electron chi connectivity index (χ3n) is 5.95. The maximum Gasteiger partial charge on any atom is 0.239 e. The van der Waals surface area contributed by atoms with E-state index in [0.29, 0.717) is 17.5 Å². The van der Waals surface area contributed by atoms with E-state index in [9.17, 15) is 13.2 Å². The second kappa shape index (κ2) is 7.68. The number of hydrogen-bond donors (Lipinski definition) is 0. The topological polar surface area (TPSA) is 57.7 Å². The van der Waals surface area contributed by atoms with Crippen molar-refractivity contribution in [2.75, 3.05) is 13.1 Å². The molecule has 0 saturated carbocycles. The summed E-state index contributed by atoms with van der Waals surface area (Å²) in [5.74, 6) is 0.168. The molecule has 2 atom stereocenters. The van der Waals surface area contributed by atoms with E-state index in [0.717, 1.165) is 37.1 Å². The van der Waals surface area contributed by atoms with E-state index in [2.05, 4.69) is 4.90 Å². The number of rotatable bonds is 5. The number of nitrogens with zero attached hydrogens (tertiary/aromatic N) is 2. The van der Waals surface area contributed by atoms with Gasteiger partial charge in [0.25, 0.3) is 0 Å². The van der Waals surface area contributed by atoms with Gasteiger partial charge in [-0.15, -0.1) is 0 Å². The van der Waals surface area contributed by atoms with Crippen molar-refractivity contribution in [3.8, 4) is 0 Å². The molecule has 0 unspecified atom stereocenters. The fourth-order valence-electron chi connectivity index (χ4n) is 4.33. The number of sulfone groups is 1. The lowest BCUT2D eigenvalue weighted by molar-refractivity contribution is -0.143. The summed E-state index contributed by atoms with van der Waals surface area (Å²) in [5.41, 5.74) is 1.79. The van der Waals surface area contributed by atoms with Crippen LogP contribution in [0, 0.1) is 0 Å². The van der Waals surface area contributed by atoms with Crippen LogP contribution in [0.3, 0.4) is 0 Å². The fraction of sp³-hybridized carbons (Fsp3) is 0.409. The first-order valence-electron chi connectivity index (χ1n) is 9.85. The van der Waals surface area contributed by atoms with Gasteiger partial charge < -0.3 is 4.90 Å². The molecule has 4 rings (SSSR count). The molecule has 0 aromatic heterocycles. The minimum Gasteiger partial charge on any atom is -0.337 e. The molecule has 6 heteroatoms. The molecule has 2 aromatic carbocycles. The molecule has 148 valence electrons. The molecular weight excluding hydrogens is 372 g/mol. The third kappa shape index (κ3) is 3.71. The second-order valence-electron chi connectivity index (χ2n) is 7.77. The van der Waals surface area contributed by atoms with Gasteiger partial charge in [0.05, 0.1) is 16.7 Å². The van der Waals surface area contributed by atoms with E-state index >= 15 is 0 Å². The highest BCUT2D eigenvalue weighted by Gasteiger charge is 2.40. The third-order valence-corrected chi connectivity index (χ3v) is 7.63. The molecule has 2 aliphatic heterocycles. The Hall–Kier alpha value is -2.18. The van der Waals surface area contributed by atoms with Crippen LogP contribution in [0.15, 0.2) is 59.5 Å². The maximum absolute atomic E-state index is 12.8. The van der Waals surface area contributed by atoms with E-state index < -0.39 is 9.84 Å². The zero-order valence-corrected chi connectivity index (χ0v) is 16.9. The van der Waals surface area contributed by atoms with Gasteiger partial charge in [-0.05, 0) is 43.0 Å². The largest absolute Gasteiger partial charge is 0.337 e. The van der Waals surface area contributed by atoms with Crippen molar-refractivity contribution in [3.05, 3.63) is 65.7 Å². The summed E-state index contributed by atoms with van der Waals surface area (Å²) in [5, 5.41) is 0. The van der Waals surface area contributed by atoms with E-state index in [1.807, 2.05) is 42.2 Å². The lowest BCUT2D eigenvalue weighted by atomic mass is 10.0. The molecule has 5 nitrogen and oxygen atoms in total. The summed E-state index contributed by atoms with van der Waals surface area (Å²) in [4.78, 5) is 17.3. The summed E-state index contributed by atoms with van der Waals surface area (Å²) >= 11 is 0. The summed E-state index contributed by atoms with van der Waals surface area (Å²) in [7, 11) is -3.41. The highest BCUT2D eigenvalue weighted by atomic mass is 32.2. The lowest BCUT2D eigenvalue weighted by Crippen LogP contribution is -2.58. The molecule has 2 fully saturated rings. The number of amides is 1. The first-order valence-corrected chi connectivity index (χ1v) is 11.5. The predicted octanol–water partition coefficient (Wildman–Crippen LogP) is 2.86. The van der Waals surface area contributed by atoms with Crippen molar-refractivity contribution in [1.29, 1.82) is 0 Å². The maximum atomic E-state index is 12.8. The minimum absolute atomic E-state index is 0.0289. The zero-order chi connectivity index (χ0) is 19.7. The molecular formula is C22H26N2O3S. The molecule has 1 amide bonds. The van der Waals surface area contributed by atoms with Gasteiger partial charge in [0.15, 0.2) is 9.84 Å². The van der Waals surface area contributed by atoms with Gasteiger partial charge in [-0.3, -0.25) is 9.69 Å². The number of fused-ring (bicyclic) bond motifs is 1. The molecule has 0 N–H and O–H groups in total. The van der Waals surface area contributed by atoms with E-state index in [4.69, 9.17) is 0 Å². The second-order valence-corrected chi connectivity index (χ2v) is 9.76. The Bertz CT molecular complexity index is 959. The van der Waals surface area contributed by atoms with Gasteiger partial charge in [0, 0.05) is 25.7 Å². The Morgan fingerprint density at radius 2 is 1.68 bits per heavy atom. The summed E-state index contributed by atoms with van der Waals surface area (Å²) < 4.78 is 25.7. The minimum atomic E-state index is -3.41. The molecule has 0 radical (unpaired) electrons. The van der Waals surface area contributed by atoms with E-state index in [1.165, 1.54) is 0 Å².